The van der Waals surface area contributed by atoms with Gasteiger partial charge in [-0.15, -0.1) is 0 Å². The maximum Gasteiger partial charge on any atom is 0.0414 e. The summed E-state index contributed by atoms with van der Waals surface area (Å²) in [5, 5.41) is 0. The molecule has 1 atom stereocenters. The van der Waals surface area contributed by atoms with Crippen LogP contribution in [-0.4, -0.2) is 9.81 Å². The van der Waals surface area contributed by atoms with Crippen molar-refractivity contribution < 1.29 is 0 Å². The highest BCUT2D eigenvalue weighted by atomic mass is 79.9. The van der Waals surface area contributed by atoms with Crippen LogP contribution in [0, 0.1) is 16.7 Å². The Morgan fingerprint density at radius 3 is 2.31 bits per heavy atom. The summed E-state index contributed by atoms with van der Waals surface area (Å²) in [6.45, 7) is 9.46. The molecule has 1 aromatic heterocycles. The third-order valence-corrected chi connectivity index (χ3v) is 5.48. The van der Waals surface area contributed by atoms with Gasteiger partial charge in [-0.05, 0) is 28.9 Å². The van der Waals surface area contributed by atoms with Crippen molar-refractivity contribution in [1.82, 2.24) is 4.98 Å². The number of pyridine rings is 1. The summed E-state index contributed by atoms with van der Waals surface area (Å²) < 4.78 is 0. The van der Waals surface area contributed by atoms with Gasteiger partial charge < -0.3 is 0 Å². The molecule has 0 aliphatic heterocycles. The summed E-state index contributed by atoms with van der Waals surface area (Å²) >= 11 is 3.85. The summed E-state index contributed by atoms with van der Waals surface area (Å²) in [5.41, 5.74) is 2.06. The lowest BCUT2D eigenvalue weighted by molar-refractivity contribution is 0.457. The van der Waals surface area contributed by atoms with E-state index < -0.39 is 0 Å². The monoisotopic (exact) mass is 281 g/mol. The maximum atomic E-state index is 4.39. The molecule has 0 saturated heterocycles. The quantitative estimate of drug-likeness (QED) is 0.761. The average molecular weight is 282 g/mol. The summed E-state index contributed by atoms with van der Waals surface area (Å²) in [7, 11) is 0. The first-order valence-electron chi connectivity index (χ1n) is 5.91. The zero-order valence-corrected chi connectivity index (χ0v) is 12.1. The minimum absolute atomic E-state index is 0.440. The largest absolute Gasteiger partial charge is 0.261 e. The van der Waals surface area contributed by atoms with Crippen LogP contribution < -0.4 is 0 Å². The molecule has 2 heteroatoms. The van der Waals surface area contributed by atoms with E-state index in [0.29, 0.717) is 15.7 Å². The van der Waals surface area contributed by atoms with Gasteiger partial charge >= 0.3 is 0 Å². The van der Waals surface area contributed by atoms with E-state index in [1.807, 2.05) is 12.3 Å². The third kappa shape index (κ3) is 1.81. The molecule has 1 aromatic rings. The molecule has 0 aromatic carbocycles. The lowest BCUT2D eigenvalue weighted by atomic mass is 10.0. The number of halogens is 1. The number of aromatic nitrogens is 1. The Morgan fingerprint density at radius 2 is 1.88 bits per heavy atom. The smallest absolute Gasteiger partial charge is 0.0414 e. The number of hydrogen-bond acceptors (Lipinski definition) is 1. The molecule has 1 fully saturated rings. The van der Waals surface area contributed by atoms with Gasteiger partial charge in [-0.25, -0.2) is 0 Å². The normalized spacial score (nSPS) is 24.1. The van der Waals surface area contributed by atoms with Gasteiger partial charge in [0.15, 0.2) is 0 Å². The van der Waals surface area contributed by atoms with E-state index in [-0.39, 0.29) is 0 Å². The minimum Gasteiger partial charge on any atom is -0.261 e. The molecule has 1 aliphatic carbocycles. The molecule has 1 nitrogen and oxygen atoms in total. The van der Waals surface area contributed by atoms with E-state index >= 15 is 0 Å². The molecular weight excluding hydrogens is 262 g/mol. The minimum atomic E-state index is 0.440. The van der Waals surface area contributed by atoms with Crippen LogP contribution >= 0.6 is 15.9 Å². The number of rotatable bonds is 3. The second-order valence-corrected chi connectivity index (χ2v) is 7.14. The van der Waals surface area contributed by atoms with Crippen molar-refractivity contribution in [1.29, 1.82) is 0 Å². The van der Waals surface area contributed by atoms with Gasteiger partial charge in [0.05, 0.1) is 0 Å². The third-order valence-electron chi connectivity index (χ3n) is 4.62. The molecule has 16 heavy (non-hydrogen) atoms. The predicted octanol–water partition coefficient (Wildman–Crippen LogP) is 4.07. The van der Waals surface area contributed by atoms with Crippen LogP contribution in [0.1, 0.15) is 33.4 Å². The zero-order chi connectivity index (χ0) is 12.0. The Hall–Kier alpha value is -0.370. The summed E-state index contributed by atoms with van der Waals surface area (Å²) in [5.74, 6) is 0.738. The molecule has 0 amide bonds. The van der Waals surface area contributed by atoms with Crippen LogP contribution in [0.25, 0.3) is 0 Å². The molecule has 1 unspecified atom stereocenters. The van der Waals surface area contributed by atoms with Crippen molar-refractivity contribution in [3.8, 4) is 0 Å². The topological polar surface area (TPSA) is 12.9 Å². The van der Waals surface area contributed by atoms with E-state index in [2.05, 4.69) is 60.7 Å². The van der Waals surface area contributed by atoms with Gasteiger partial charge in [0, 0.05) is 23.1 Å². The van der Waals surface area contributed by atoms with Crippen LogP contribution in [0.4, 0.5) is 0 Å². The van der Waals surface area contributed by atoms with Crippen molar-refractivity contribution in [2.75, 3.05) is 0 Å². The summed E-state index contributed by atoms with van der Waals surface area (Å²) in [6.07, 6.45) is 2.90. The highest BCUT2D eigenvalue weighted by Crippen LogP contribution is 2.70. The van der Waals surface area contributed by atoms with Gasteiger partial charge in [0.1, 0.15) is 0 Å². The Kier molecular flexibility index (Phi) is 2.90. The number of hydrogen-bond donors (Lipinski definition) is 0. The fourth-order valence-corrected chi connectivity index (χ4v) is 4.64. The van der Waals surface area contributed by atoms with E-state index in [9.17, 15) is 0 Å². The van der Waals surface area contributed by atoms with Crippen molar-refractivity contribution in [3.05, 3.63) is 30.1 Å². The van der Waals surface area contributed by atoms with E-state index in [1.54, 1.807) is 0 Å². The molecule has 1 aliphatic rings. The first-order chi connectivity index (χ1) is 7.37. The Balaban J connectivity index is 2.04. The lowest BCUT2D eigenvalue weighted by Crippen LogP contribution is -2.11. The van der Waals surface area contributed by atoms with Gasteiger partial charge in [0.2, 0.25) is 0 Å². The van der Waals surface area contributed by atoms with Gasteiger partial charge in [0.25, 0.3) is 0 Å². The fraction of sp³-hybridized carbons (Fsp3) is 0.643. The molecule has 0 spiro atoms. The predicted molar refractivity (Wildman–Crippen MR) is 71.7 cm³/mol. The van der Waals surface area contributed by atoms with Crippen molar-refractivity contribution in [3.63, 3.8) is 0 Å². The number of nitrogens with zero attached hydrogens (tertiary/aromatic N) is 1. The van der Waals surface area contributed by atoms with Crippen LogP contribution in [0.5, 0.6) is 0 Å². The molecule has 2 rings (SSSR count). The van der Waals surface area contributed by atoms with Crippen molar-refractivity contribution >= 4 is 15.9 Å². The Bertz CT molecular complexity index is 356. The van der Waals surface area contributed by atoms with Gasteiger partial charge in [-0.3, -0.25) is 4.98 Å². The van der Waals surface area contributed by atoms with E-state index in [0.717, 1.165) is 12.3 Å². The Morgan fingerprint density at radius 1 is 1.25 bits per heavy atom. The molecule has 0 bridgehead atoms. The first kappa shape index (κ1) is 12.1. The second kappa shape index (κ2) is 3.83. The summed E-state index contributed by atoms with van der Waals surface area (Å²) in [6, 6.07) is 6.14. The van der Waals surface area contributed by atoms with Crippen LogP contribution in [0.3, 0.4) is 0 Å². The molecule has 1 saturated carbocycles. The Labute approximate surface area is 107 Å². The van der Waals surface area contributed by atoms with Crippen LogP contribution in [0.15, 0.2) is 24.4 Å². The molecule has 88 valence electrons. The van der Waals surface area contributed by atoms with Crippen molar-refractivity contribution in [2.45, 2.75) is 38.9 Å². The lowest BCUT2D eigenvalue weighted by Gasteiger charge is -2.11. The first-order valence-corrected chi connectivity index (χ1v) is 6.83. The van der Waals surface area contributed by atoms with Gasteiger partial charge in [-0.1, -0.05) is 49.7 Å². The highest BCUT2D eigenvalue weighted by Gasteiger charge is 2.66. The second-order valence-electron chi connectivity index (χ2n) is 5.96. The molecule has 0 radical (unpaired) electrons. The number of alkyl halides is 1. The zero-order valence-electron chi connectivity index (χ0n) is 10.5. The standard InChI is InChI=1S/C14H20BrN/c1-13(2)12(14(13,3)4)11(15)9-10-7-5-6-8-16-10/h5-8,11-12H,9H2,1-4H3. The van der Waals surface area contributed by atoms with E-state index in [4.69, 9.17) is 0 Å². The van der Waals surface area contributed by atoms with Gasteiger partial charge in [-0.2, -0.15) is 0 Å². The van der Waals surface area contributed by atoms with Crippen LogP contribution in [-0.2, 0) is 6.42 Å². The van der Waals surface area contributed by atoms with E-state index in [1.165, 1.54) is 5.69 Å². The molecular formula is C14H20BrN. The van der Waals surface area contributed by atoms with Crippen LogP contribution in [0.2, 0.25) is 0 Å². The highest BCUT2D eigenvalue weighted by molar-refractivity contribution is 9.09. The maximum absolute atomic E-state index is 4.39. The fourth-order valence-electron chi connectivity index (χ4n) is 2.99. The molecule has 1 heterocycles. The molecule has 0 N–H and O–H groups in total. The SMILES string of the molecule is CC1(C)C(C(Br)Cc2ccccn2)C1(C)C. The van der Waals surface area contributed by atoms with Crippen molar-refractivity contribution in [2.24, 2.45) is 16.7 Å². The average Bonchev–Trinajstić information content (AvgIpc) is 2.58. The summed E-state index contributed by atoms with van der Waals surface area (Å²) in [4.78, 5) is 4.93.